The third-order valence-electron chi connectivity index (χ3n) is 5.25. The number of carbonyl (C=O) groups excluding carboxylic acids is 1. The Morgan fingerprint density at radius 1 is 1.18 bits per heavy atom. The van der Waals surface area contributed by atoms with Gasteiger partial charge >= 0.3 is 0 Å². The number of hydrogen-bond acceptors (Lipinski definition) is 4. The molecule has 1 aromatic rings. The van der Waals surface area contributed by atoms with Gasteiger partial charge in [0.2, 0.25) is 0 Å². The van der Waals surface area contributed by atoms with Gasteiger partial charge in [-0.1, -0.05) is 0 Å². The van der Waals surface area contributed by atoms with E-state index in [0.29, 0.717) is 18.3 Å². The molecule has 2 fully saturated rings. The van der Waals surface area contributed by atoms with E-state index < -0.39 is 0 Å². The Kier molecular flexibility index (Phi) is 3.88. The number of likely N-dealkylation sites (tertiary alicyclic amines) is 1. The minimum absolute atomic E-state index is 0.0425. The molecule has 2 saturated heterocycles. The summed E-state index contributed by atoms with van der Waals surface area (Å²) in [5.41, 5.74) is 2.87. The summed E-state index contributed by atoms with van der Waals surface area (Å²) in [7, 11) is 0. The lowest BCUT2D eigenvalue weighted by molar-refractivity contribution is 0.0910. The first kappa shape index (κ1) is 14.2. The first-order valence-electron chi connectivity index (χ1n) is 8.51. The van der Waals surface area contributed by atoms with E-state index in [9.17, 15) is 4.79 Å². The van der Waals surface area contributed by atoms with Gasteiger partial charge in [0.15, 0.2) is 5.69 Å². The van der Waals surface area contributed by atoms with Crippen LogP contribution in [0.3, 0.4) is 0 Å². The molecule has 1 amide bonds. The second-order valence-electron chi connectivity index (χ2n) is 6.66. The van der Waals surface area contributed by atoms with Crippen molar-refractivity contribution in [2.75, 3.05) is 26.3 Å². The summed E-state index contributed by atoms with van der Waals surface area (Å²) < 4.78 is 5.63. The molecule has 4 rings (SSSR count). The van der Waals surface area contributed by atoms with Gasteiger partial charge in [-0.05, 0) is 51.6 Å². The predicted molar refractivity (Wildman–Crippen MR) is 81.9 cm³/mol. The van der Waals surface area contributed by atoms with E-state index in [0.717, 1.165) is 50.2 Å². The quantitative estimate of drug-likeness (QED) is 0.870. The van der Waals surface area contributed by atoms with Gasteiger partial charge in [0.05, 0.1) is 25.3 Å². The minimum Gasteiger partial charge on any atom is -0.378 e. The predicted octanol–water partition coefficient (Wildman–Crippen LogP) is 0.881. The van der Waals surface area contributed by atoms with Crippen molar-refractivity contribution >= 4 is 5.91 Å². The number of fused-ring (bicyclic) bond motifs is 1. The summed E-state index contributed by atoms with van der Waals surface area (Å²) in [4.78, 5) is 15.1. The first-order valence-corrected chi connectivity index (χ1v) is 8.51. The molecule has 22 heavy (non-hydrogen) atoms. The highest BCUT2D eigenvalue weighted by Gasteiger charge is 2.36. The van der Waals surface area contributed by atoms with Gasteiger partial charge in [0.1, 0.15) is 0 Å². The molecule has 0 bridgehead atoms. The van der Waals surface area contributed by atoms with Crippen LogP contribution in [0.5, 0.6) is 0 Å². The zero-order valence-electron chi connectivity index (χ0n) is 12.9. The smallest absolute Gasteiger partial charge is 0.272 e. The zero-order chi connectivity index (χ0) is 14.9. The van der Waals surface area contributed by atoms with E-state index in [2.05, 4.69) is 20.4 Å². The number of amides is 1. The Morgan fingerprint density at radius 2 is 2.00 bits per heavy atom. The maximum atomic E-state index is 12.6. The van der Waals surface area contributed by atoms with Crippen LogP contribution in [0.2, 0.25) is 0 Å². The summed E-state index contributed by atoms with van der Waals surface area (Å²) in [6.45, 7) is 3.58. The Bertz CT molecular complexity index is 550. The van der Waals surface area contributed by atoms with Crippen LogP contribution >= 0.6 is 0 Å². The van der Waals surface area contributed by atoms with Crippen molar-refractivity contribution in [1.82, 2.24) is 20.4 Å². The number of nitrogens with one attached hydrogen (secondary N) is 2. The van der Waals surface area contributed by atoms with Crippen molar-refractivity contribution < 1.29 is 9.53 Å². The molecule has 0 aromatic carbocycles. The van der Waals surface area contributed by atoms with Crippen LogP contribution in [0.4, 0.5) is 0 Å². The molecule has 0 radical (unpaired) electrons. The van der Waals surface area contributed by atoms with Crippen molar-refractivity contribution in [2.45, 2.75) is 50.6 Å². The lowest BCUT2D eigenvalue weighted by atomic mass is 9.95. The highest BCUT2D eigenvalue weighted by atomic mass is 16.5. The van der Waals surface area contributed by atoms with Crippen LogP contribution in [-0.4, -0.2) is 59.4 Å². The monoisotopic (exact) mass is 304 g/mol. The Balaban J connectivity index is 1.46. The molecule has 0 unspecified atom stereocenters. The Labute approximate surface area is 130 Å². The number of aromatic nitrogens is 2. The normalized spacial score (nSPS) is 28.7. The molecule has 0 saturated carbocycles. The third-order valence-corrected chi connectivity index (χ3v) is 5.25. The number of rotatable bonds is 3. The molecule has 3 heterocycles. The number of hydrogen-bond donors (Lipinski definition) is 2. The largest absolute Gasteiger partial charge is 0.378 e. The van der Waals surface area contributed by atoms with Crippen molar-refractivity contribution in [1.29, 1.82) is 0 Å². The van der Waals surface area contributed by atoms with Crippen LogP contribution in [-0.2, 0) is 17.6 Å². The molecule has 2 N–H and O–H groups in total. The average Bonchev–Trinajstić information content (AvgIpc) is 3.27. The fourth-order valence-electron chi connectivity index (χ4n) is 4.02. The van der Waals surface area contributed by atoms with Gasteiger partial charge in [-0.3, -0.25) is 14.8 Å². The highest BCUT2D eigenvalue weighted by Crippen LogP contribution is 2.23. The van der Waals surface area contributed by atoms with Crippen LogP contribution in [0.1, 0.15) is 47.4 Å². The molecule has 1 aromatic heterocycles. The lowest BCUT2D eigenvalue weighted by Gasteiger charge is -2.27. The summed E-state index contributed by atoms with van der Waals surface area (Å²) in [6, 6.07) is 0.405. The molecule has 2 atom stereocenters. The van der Waals surface area contributed by atoms with Gasteiger partial charge in [-0.15, -0.1) is 0 Å². The Hall–Kier alpha value is -1.40. The van der Waals surface area contributed by atoms with Crippen molar-refractivity contribution in [3.8, 4) is 0 Å². The molecular formula is C16H24N4O2. The van der Waals surface area contributed by atoms with Gasteiger partial charge in [-0.25, -0.2) is 0 Å². The molecular weight excluding hydrogens is 280 g/mol. The first-order chi connectivity index (χ1) is 10.8. The number of aromatic amines is 1. The lowest BCUT2D eigenvalue weighted by Crippen LogP contribution is -2.50. The molecule has 3 aliphatic rings. The summed E-state index contributed by atoms with van der Waals surface area (Å²) >= 11 is 0. The molecule has 2 aliphatic heterocycles. The van der Waals surface area contributed by atoms with Crippen LogP contribution < -0.4 is 5.32 Å². The van der Waals surface area contributed by atoms with E-state index in [1.165, 1.54) is 19.3 Å². The second-order valence-corrected chi connectivity index (χ2v) is 6.66. The van der Waals surface area contributed by atoms with Gasteiger partial charge in [0, 0.05) is 11.3 Å². The topological polar surface area (TPSA) is 70.2 Å². The zero-order valence-corrected chi connectivity index (χ0v) is 12.9. The molecule has 6 heteroatoms. The van der Waals surface area contributed by atoms with Crippen LogP contribution in [0.25, 0.3) is 0 Å². The average molecular weight is 304 g/mol. The fourth-order valence-corrected chi connectivity index (χ4v) is 4.02. The molecule has 6 nitrogen and oxygen atoms in total. The number of ether oxygens (including phenoxy) is 1. The van der Waals surface area contributed by atoms with E-state index in [-0.39, 0.29) is 11.9 Å². The van der Waals surface area contributed by atoms with E-state index in [1.54, 1.807) is 0 Å². The van der Waals surface area contributed by atoms with E-state index >= 15 is 0 Å². The standard InChI is InChI=1S/C16H24N4O2/c21-16(15-11-5-1-2-6-12(11)18-19-15)17-13-9-22-10-14(13)20-7-3-4-8-20/h13-14H,1-10H2,(H,17,21)(H,18,19)/t13-,14-/m0/s1. The molecule has 0 spiro atoms. The van der Waals surface area contributed by atoms with E-state index in [4.69, 9.17) is 4.74 Å². The number of nitrogens with zero attached hydrogens (tertiary/aromatic N) is 2. The van der Waals surface area contributed by atoms with Crippen molar-refractivity contribution in [3.63, 3.8) is 0 Å². The molecule has 1 aliphatic carbocycles. The Morgan fingerprint density at radius 3 is 2.86 bits per heavy atom. The summed E-state index contributed by atoms with van der Waals surface area (Å²) in [5, 5.41) is 10.5. The SMILES string of the molecule is O=C(N[C@H]1COC[C@@H]1N1CCCC1)c1n[nH]c2c1CCCC2. The highest BCUT2D eigenvalue weighted by molar-refractivity contribution is 5.94. The summed E-state index contributed by atoms with van der Waals surface area (Å²) in [6.07, 6.45) is 6.82. The minimum atomic E-state index is -0.0425. The van der Waals surface area contributed by atoms with Crippen LogP contribution in [0, 0.1) is 0 Å². The van der Waals surface area contributed by atoms with Crippen molar-refractivity contribution in [2.24, 2.45) is 0 Å². The third kappa shape index (κ3) is 2.54. The molecule has 120 valence electrons. The van der Waals surface area contributed by atoms with E-state index in [1.807, 2.05) is 0 Å². The maximum absolute atomic E-state index is 12.6. The van der Waals surface area contributed by atoms with Crippen LogP contribution in [0.15, 0.2) is 0 Å². The maximum Gasteiger partial charge on any atom is 0.272 e. The number of carbonyl (C=O) groups is 1. The fraction of sp³-hybridized carbons (Fsp3) is 0.750. The van der Waals surface area contributed by atoms with Gasteiger partial charge < -0.3 is 10.1 Å². The van der Waals surface area contributed by atoms with Gasteiger partial charge in [-0.2, -0.15) is 5.10 Å². The van der Waals surface area contributed by atoms with Crippen molar-refractivity contribution in [3.05, 3.63) is 17.0 Å². The second kappa shape index (κ2) is 6.01. The number of aryl methyl sites for hydroxylation is 1. The van der Waals surface area contributed by atoms with Gasteiger partial charge in [0.25, 0.3) is 5.91 Å². The number of H-pyrrole nitrogens is 1. The summed E-state index contributed by atoms with van der Waals surface area (Å²) in [5.74, 6) is -0.0425.